The van der Waals surface area contributed by atoms with E-state index < -0.39 is 13.0 Å². The summed E-state index contributed by atoms with van der Waals surface area (Å²) in [7, 11) is 0. The molecular weight excluding hydrogens is 234 g/mol. The Morgan fingerprint density at radius 1 is 1.35 bits per heavy atom. The van der Waals surface area contributed by atoms with Gasteiger partial charge in [-0.2, -0.15) is 15.0 Å². The van der Waals surface area contributed by atoms with Gasteiger partial charge in [-0.15, -0.1) is 0 Å². The second-order valence-corrected chi connectivity index (χ2v) is 2.95. The molecule has 0 radical (unpaired) electrons. The number of aromatic nitrogens is 5. The summed E-state index contributed by atoms with van der Waals surface area (Å²) in [6, 6.07) is -0.249. The highest BCUT2D eigenvalue weighted by molar-refractivity contribution is 5.24. The Labute approximate surface area is 94.3 Å². The van der Waals surface area contributed by atoms with Crippen LogP contribution in [0.1, 0.15) is 0 Å². The lowest BCUT2D eigenvalue weighted by molar-refractivity contribution is 0.0769. The highest BCUT2D eigenvalue weighted by atomic mass is 19.3. The number of halogens is 2. The van der Waals surface area contributed by atoms with E-state index in [0.29, 0.717) is 0 Å². The van der Waals surface area contributed by atoms with Crippen molar-refractivity contribution in [3.05, 3.63) is 18.7 Å². The van der Waals surface area contributed by atoms with Gasteiger partial charge in [0.2, 0.25) is 11.9 Å². The van der Waals surface area contributed by atoms with Crippen molar-refractivity contribution in [2.45, 2.75) is 6.43 Å². The fourth-order valence-electron chi connectivity index (χ4n) is 1.06. The Morgan fingerprint density at radius 3 is 2.82 bits per heavy atom. The first-order valence-corrected chi connectivity index (χ1v) is 4.56. The monoisotopic (exact) mass is 242 g/mol. The molecule has 0 spiro atoms. The van der Waals surface area contributed by atoms with E-state index in [2.05, 4.69) is 24.7 Å². The van der Waals surface area contributed by atoms with Crippen molar-refractivity contribution in [1.82, 2.24) is 24.5 Å². The first-order valence-electron chi connectivity index (χ1n) is 4.56. The molecule has 2 N–H and O–H groups in total. The number of anilines is 1. The van der Waals surface area contributed by atoms with Crippen LogP contribution in [0.4, 0.5) is 14.7 Å². The van der Waals surface area contributed by atoms with E-state index >= 15 is 0 Å². The van der Waals surface area contributed by atoms with E-state index in [-0.39, 0.29) is 17.9 Å². The predicted molar refractivity (Wildman–Crippen MR) is 52.9 cm³/mol. The Hall–Kier alpha value is -2.32. The van der Waals surface area contributed by atoms with E-state index in [1.54, 1.807) is 6.20 Å². The van der Waals surface area contributed by atoms with Crippen LogP contribution in [0.2, 0.25) is 0 Å². The lowest BCUT2D eigenvalue weighted by Gasteiger charge is -2.06. The molecule has 0 saturated heterocycles. The molecular formula is C8H8F2N6O. The topological polar surface area (TPSA) is 91.7 Å². The molecule has 17 heavy (non-hydrogen) atoms. The van der Waals surface area contributed by atoms with Crippen LogP contribution in [0.25, 0.3) is 5.95 Å². The van der Waals surface area contributed by atoms with Gasteiger partial charge >= 0.3 is 6.01 Å². The summed E-state index contributed by atoms with van der Waals surface area (Å²) in [5, 5.41) is 0. The third kappa shape index (κ3) is 2.83. The van der Waals surface area contributed by atoms with Crippen LogP contribution in [0.5, 0.6) is 6.01 Å². The summed E-state index contributed by atoms with van der Waals surface area (Å²) < 4.78 is 30.0. The van der Waals surface area contributed by atoms with Gasteiger partial charge in [0, 0.05) is 12.4 Å². The lowest BCUT2D eigenvalue weighted by atomic mass is 10.7. The standard InChI is InChI=1S/C8H8F2N6O/c9-5(10)3-17-8-14-6(11)13-7(15-8)16-2-1-12-4-16/h1-2,4-5H,3H2,(H2,11,13,14,15). The second kappa shape index (κ2) is 4.68. The van der Waals surface area contributed by atoms with Crippen molar-refractivity contribution < 1.29 is 13.5 Å². The highest BCUT2D eigenvalue weighted by Gasteiger charge is 2.09. The average Bonchev–Trinajstić information content (AvgIpc) is 2.79. The first kappa shape index (κ1) is 11.2. The zero-order valence-corrected chi connectivity index (χ0v) is 8.49. The Morgan fingerprint density at radius 2 is 2.18 bits per heavy atom. The molecule has 0 atom stereocenters. The quantitative estimate of drug-likeness (QED) is 0.828. The Kier molecular flexibility index (Phi) is 3.08. The van der Waals surface area contributed by atoms with Crippen LogP contribution in [0.3, 0.4) is 0 Å². The van der Waals surface area contributed by atoms with Gasteiger partial charge in [-0.05, 0) is 0 Å². The summed E-state index contributed by atoms with van der Waals surface area (Å²) in [5.41, 5.74) is 5.41. The molecule has 0 fully saturated rings. The van der Waals surface area contributed by atoms with Crippen molar-refractivity contribution >= 4 is 5.95 Å². The molecule has 9 heteroatoms. The number of rotatable bonds is 4. The maximum absolute atomic E-state index is 12.0. The summed E-state index contributed by atoms with van der Waals surface area (Å²) in [6.07, 6.45) is 1.92. The van der Waals surface area contributed by atoms with Gasteiger partial charge in [-0.1, -0.05) is 0 Å². The number of nitrogens with zero attached hydrogens (tertiary/aromatic N) is 5. The van der Waals surface area contributed by atoms with Crippen LogP contribution in [-0.4, -0.2) is 37.5 Å². The molecule has 0 aliphatic heterocycles. The number of nitrogens with two attached hydrogens (primary N) is 1. The lowest BCUT2D eigenvalue weighted by Crippen LogP contribution is -2.12. The molecule has 2 heterocycles. The van der Waals surface area contributed by atoms with Crippen molar-refractivity contribution in [3.63, 3.8) is 0 Å². The number of nitrogen functional groups attached to an aromatic ring is 1. The minimum Gasteiger partial charge on any atom is -0.457 e. The molecule has 7 nitrogen and oxygen atoms in total. The predicted octanol–water partition coefficient (Wildman–Crippen LogP) is 0.283. The summed E-state index contributed by atoms with van der Waals surface area (Å²) in [5.74, 6) is 0.0345. The van der Waals surface area contributed by atoms with Crippen LogP contribution >= 0.6 is 0 Å². The van der Waals surface area contributed by atoms with Gasteiger partial charge in [0.25, 0.3) is 6.43 Å². The Bertz CT molecular complexity index is 489. The average molecular weight is 242 g/mol. The second-order valence-electron chi connectivity index (χ2n) is 2.95. The fourth-order valence-corrected chi connectivity index (χ4v) is 1.06. The SMILES string of the molecule is Nc1nc(OCC(F)F)nc(-n2ccnc2)n1. The van der Waals surface area contributed by atoms with Crippen LogP contribution in [-0.2, 0) is 0 Å². The van der Waals surface area contributed by atoms with E-state index in [4.69, 9.17) is 5.73 Å². The van der Waals surface area contributed by atoms with E-state index in [9.17, 15) is 8.78 Å². The number of hydrogen-bond acceptors (Lipinski definition) is 6. The maximum atomic E-state index is 12.0. The number of imidazole rings is 1. The van der Waals surface area contributed by atoms with Crippen LogP contribution in [0, 0.1) is 0 Å². The third-order valence-electron chi connectivity index (χ3n) is 1.69. The van der Waals surface area contributed by atoms with Crippen LogP contribution in [0.15, 0.2) is 18.7 Å². The van der Waals surface area contributed by atoms with Crippen molar-refractivity contribution in [2.24, 2.45) is 0 Å². The molecule has 0 bridgehead atoms. The number of ether oxygens (including phenoxy) is 1. The summed E-state index contributed by atoms with van der Waals surface area (Å²) >= 11 is 0. The minimum absolute atomic E-state index is 0.118. The largest absolute Gasteiger partial charge is 0.457 e. The fraction of sp³-hybridized carbons (Fsp3) is 0.250. The van der Waals surface area contributed by atoms with Crippen molar-refractivity contribution in [1.29, 1.82) is 0 Å². The number of alkyl halides is 2. The molecule has 0 aromatic carbocycles. The molecule has 2 rings (SSSR count). The summed E-state index contributed by atoms with van der Waals surface area (Å²) in [4.78, 5) is 15.0. The molecule has 2 aromatic heterocycles. The van der Waals surface area contributed by atoms with Gasteiger partial charge in [0.1, 0.15) is 6.33 Å². The van der Waals surface area contributed by atoms with Gasteiger partial charge in [0.15, 0.2) is 6.61 Å². The summed E-state index contributed by atoms with van der Waals surface area (Å²) in [6.45, 7) is -0.799. The van der Waals surface area contributed by atoms with Crippen molar-refractivity contribution in [2.75, 3.05) is 12.3 Å². The van der Waals surface area contributed by atoms with Gasteiger partial charge in [0.05, 0.1) is 0 Å². The molecule has 2 aromatic rings. The normalized spacial score (nSPS) is 10.8. The minimum atomic E-state index is -2.61. The van der Waals surface area contributed by atoms with Gasteiger partial charge in [-0.3, -0.25) is 4.57 Å². The smallest absolute Gasteiger partial charge is 0.323 e. The maximum Gasteiger partial charge on any atom is 0.323 e. The van der Waals surface area contributed by atoms with Crippen LogP contribution < -0.4 is 10.5 Å². The molecule has 0 aliphatic rings. The number of hydrogen-bond donors (Lipinski definition) is 1. The molecule has 0 amide bonds. The van der Waals surface area contributed by atoms with Crippen molar-refractivity contribution in [3.8, 4) is 12.0 Å². The zero-order valence-electron chi connectivity index (χ0n) is 8.49. The van der Waals surface area contributed by atoms with E-state index in [0.717, 1.165) is 0 Å². The van der Waals surface area contributed by atoms with E-state index in [1.165, 1.54) is 17.1 Å². The molecule has 0 unspecified atom stereocenters. The zero-order chi connectivity index (χ0) is 12.3. The third-order valence-corrected chi connectivity index (χ3v) is 1.69. The van der Waals surface area contributed by atoms with E-state index in [1.807, 2.05) is 0 Å². The first-order chi connectivity index (χ1) is 8.15. The molecule has 90 valence electrons. The highest BCUT2D eigenvalue weighted by Crippen LogP contribution is 2.09. The Balaban J connectivity index is 2.24. The van der Waals surface area contributed by atoms with Gasteiger partial charge in [-0.25, -0.2) is 13.8 Å². The van der Waals surface area contributed by atoms with Gasteiger partial charge < -0.3 is 10.5 Å². The molecule has 0 saturated carbocycles. The molecule has 0 aliphatic carbocycles.